The SMILES string of the molecule is O=S(=O)(NCCN1CCCCCC1)c1ccc(F)cc1. The Kier molecular flexibility index (Phi) is 5.51. The van der Waals surface area contributed by atoms with Crippen LogP contribution in [0.3, 0.4) is 0 Å². The minimum Gasteiger partial charge on any atom is -0.302 e. The summed E-state index contributed by atoms with van der Waals surface area (Å²) in [6.07, 6.45) is 4.89. The van der Waals surface area contributed by atoms with Gasteiger partial charge < -0.3 is 4.90 Å². The molecule has 1 saturated heterocycles. The Morgan fingerprint density at radius 1 is 1.05 bits per heavy atom. The third-order valence-corrected chi connectivity index (χ3v) is 5.02. The average molecular weight is 300 g/mol. The highest BCUT2D eigenvalue weighted by Gasteiger charge is 2.14. The van der Waals surface area contributed by atoms with Crippen LogP contribution >= 0.6 is 0 Å². The van der Waals surface area contributed by atoms with E-state index in [1.807, 2.05) is 0 Å². The van der Waals surface area contributed by atoms with Gasteiger partial charge in [0.2, 0.25) is 10.0 Å². The molecule has 112 valence electrons. The minimum absolute atomic E-state index is 0.106. The zero-order chi connectivity index (χ0) is 14.4. The first-order valence-corrected chi connectivity index (χ1v) is 8.54. The minimum atomic E-state index is -3.53. The molecule has 0 bridgehead atoms. The topological polar surface area (TPSA) is 49.4 Å². The van der Waals surface area contributed by atoms with Gasteiger partial charge >= 0.3 is 0 Å². The van der Waals surface area contributed by atoms with E-state index in [1.54, 1.807) is 0 Å². The van der Waals surface area contributed by atoms with Gasteiger partial charge in [0.25, 0.3) is 0 Å². The van der Waals surface area contributed by atoms with Gasteiger partial charge in [0.1, 0.15) is 5.82 Å². The second kappa shape index (κ2) is 7.15. The predicted molar refractivity (Wildman–Crippen MR) is 76.5 cm³/mol. The van der Waals surface area contributed by atoms with Gasteiger partial charge in [-0.1, -0.05) is 12.8 Å². The molecule has 0 atom stereocenters. The maximum atomic E-state index is 12.8. The second-order valence-corrected chi connectivity index (χ2v) is 6.87. The Morgan fingerprint density at radius 2 is 1.65 bits per heavy atom. The molecule has 20 heavy (non-hydrogen) atoms. The van der Waals surface area contributed by atoms with Crippen molar-refractivity contribution in [3.8, 4) is 0 Å². The summed E-state index contributed by atoms with van der Waals surface area (Å²) in [6.45, 7) is 3.19. The van der Waals surface area contributed by atoms with Crippen LogP contribution in [0.25, 0.3) is 0 Å². The summed E-state index contributed by atoms with van der Waals surface area (Å²) in [6, 6.07) is 4.87. The lowest BCUT2D eigenvalue weighted by Gasteiger charge is -2.19. The number of benzene rings is 1. The smallest absolute Gasteiger partial charge is 0.240 e. The molecule has 4 nitrogen and oxygen atoms in total. The van der Waals surface area contributed by atoms with Gasteiger partial charge in [0, 0.05) is 13.1 Å². The molecule has 0 unspecified atom stereocenters. The first-order valence-electron chi connectivity index (χ1n) is 7.05. The van der Waals surface area contributed by atoms with Crippen molar-refractivity contribution < 1.29 is 12.8 Å². The van der Waals surface area contributed by atoms with Gasteiger partial charge in [-0.3, -0.25) is 0 Å². The van der Waals surface area contributed by atoms with Crippen LogP contribution in [-0.2, 0) is 10.0 Å². The van der Waals surface area contributed by atoms with Gasteiger partial charge in [-0.15, -0.1) is 0 Å². The van der Waals surface area contributed by atoms with Gasteiger partial charge in [-0.25, -0.2) is 17.5 Å². The quantitative estimate of drug-likeness (QED) is 0.904. The van der Waals surface area contributed by atoms with Crippen LogP contribution in [0.15, 0.2) is 29.2 Å². The summed E-state index contributed by atoms with van der Waals surface area (Å²) in [5, 5.41) is 0. The molecule has 1 heterocycles. The number of likely N-dealkylation sites (tertiary alicyclic amines) is 1. The first-order chi connectivity index (χ1) is 9.58. The van der Waals surface area contributed by atoms with E-state index in [2.05, 4.69) is 9.62 Å². The summed E-state index contributed by atoms with van der Waals surface area (Å²) in [4.78, 5) is 2.40. The van der Waals surface area contributed by atoms with Gasteiger partial charge in [0.05, 0.1) is 4.90 Å². The number of nitrogens with one attached hydrogen (secondary N) is 1. The van der Waals surface area contributed by atoms with E-state index in [-0.39, 0.29) is 4.90 Å². The Morgan fingerprint density at radius 3 is 2.25 bits per heavy atom. The van der Waals surface area contributed by atoms with Crippen molar-refractivity contribution in [1.82, 2.24) is 9.62 Å². The van der Waals surface area contributed by atoms with Crippen LogP contribution in [0.2, 0.25) is 0 Å². The molecule has 1 fully saturated rings. The van der Waals surface area contributed by atoms with Crippen LogP contribution in [-0.4, -0.2) is 39.5 Å². The third kappa shape index (κ3) is 4.54. The molecule has 0 aromatic heterocycles. The molecule has 0 radical (unpaired) electrons. The first kappa shape index (κ1) is 15.4. The van der Waals surface area contributed by atoms with Crippen molar-refractivity contribution >= 4 is 10.0 Å². The standard InChI is InChI=1S/C14H21FN2O2S/c15-13-5-7-14(8-6-13)20(18,19)16-9-12-17-10-3-1-2-4-11-17/h5-8,16H,1-4,9-12H2. The second-order valence-electron chi connectivity index (χ2n) is 5.11. The maximum absolute atomic E-state index is 12.8. The highest BCUT2D eigenvalue weighted by Crippen LogP contribution is 2.10. The highest BCUT2D eigenvalue weighted by molar-refractivity contribution is 7.89. The molecule has 1 N–H and O–H groups in total. The van der Waals surface area contributed by atoms with Crippen molar-refractivity contribution in [3.05, 3.63) is 30.1 Å². The lowest BCUT2D eigenvalue weighted by Crippen LogP contribution is -2.35. The molecule has 0 amide bonds. The Balaban J connectivity index is 1.84. The zero-order valence-corrected chi connectivity index (χ0v) is 12.3. The molecular weight excluding hydrogens is 279 g/mol. The van der Waals surface area contributed by atoms with E-state index in [4.69, 9.17) is 0 Å². The van der Waals surface area contributed by atoms with Crippen LogP contribution in [0.5, 0.6) is 0 Å². The fourth-order valence-electron chi connectivity index (χ4n) is 2.39. The summed E-state index contributed by atoms with van der Waals surface area (Å²) in [7, 11) is -3.53. The predicted octanol–water partition coefficient (Wildman–Crippen LogP) is 1.98. The maximum Gasteiger partial charge on any atom is 0.240 e. The molecule has 1 aromatic carbocycles. The van der Waals surface area contributed by atoms with Crippen LogP contribution < -0.4 is 4.72 Å². The monoisotopic (exact) mass is 300 g/mol. The van der Waals surface area contributed by atoms with E-state index in [1.165, 1.54) is 37.8 Å². The van der Waals surface area contributed by atoms with E-state index < -0.39 is 15.8 Å². The van der Waals surface area contributed by atoms with E-state index >= 15 is 0 Å². The van der Waals surface area contributed by atoms with Gasteiger partial charge in [0.15, 0.2) is 0 Å². The summed E-state index contributed by atoms with van der Waals surface area (Å²) in [5.41, 5.74) is 0. The van der Waals surface area contributed by atoms with Crippen molar-refractivity contribution in [2.75, 3.05) is 26.2 Å². The summed E-state index contributed by atoms with van der Waals surface area (Å²) in [5.74, 6) is -0.437. The molecule has 2 rings (SSSR count). The van der Waals surface area contributed by atoms with E-state index in [0.29, 0.717) is 6.54 Å². The van der Waals surface area contributed by atoms with Crippen molar-refractivity contribution in [1.29, 1.82) is 0 Å². The zero-order valence-electron chi connectivity index (χ0n) is 11.5. The lowest BCUT2D eigenvalue weighted by atomic mass is 10.2. The Labute approximate surface area is 120 Å². The highest BCUT2D eigenvalue weighted by atomic mass is 32.2. The largest absolute Gasteiger partial charge is 0.302 e. The van der Waals surface area contributed by atoms with Crippen molar-refractivity contribution in [2.24, 2.45) is 0 Å². The normalized spacial score (nSPS) is 17.9. The number of halogens is 1. The summed E-state index contributed by atoms with van der Waals surface area (Å²) < 4.78 is 39.4. The van der Waals surface area contributed by atoms with E-state index in [9.17, 15) is 12.8 Å². The number of sulfonamides is 1. The van der Waals surface area contributed by atoms with Gasteiger partial charge in [-0.05, 0) is 50.2 Å². The summed E-state index contributed by atoms with van der Waals surface area (Å²) >= 11 is 0. The molecule has 6 heteroatoms. The van der Waals surface area contributed by atoms with E-state index in [0.717, 1.165) is 31.8 Å². The fraction of sp³-hybridized carbons (Fsp3) is 0.571. The average Bonchev–Trinajstić information content (AvgIpc) is 2.68. The molecule has 1 aromatic rings. The number of nitrogens with zero attached hydrogens (tertiary/aromatic N) is 1. The van der Waals surface area contributed by atoms with Crippen molar-refractivity contribution in [2.45, 2.75) is 30.6 Å². The molecule has 1 aliphatic heterocycles. The third-order valence-electron chi connectivity index (χ3n) is 3.54. The van der Waals surface area contributed by atoms with Crippen LogP contribution in [0, 0.1) is 5.82 Å². The molecule has 0 spiro atoms. The molecular formula is C14H21FN2O2S. The Hall–Kier alpha value is -0.980. The van der Waals surface area contributed by atoms with Crippen molar-refractivity contribution in [3.63, 3.8) is 0 Å². The molecule has 0 aliphatic carbocycles. The van der Waals surface area contributed by atoms with Gasteiger partial charge in [-0.2, -0.15) is 0 Å². The lowest BCUT2D eigenvalue weighted by molar-refractivity contribution is 0.290. The Bertz CT molecular complexity index is 508. The number of rotatable bonds is 5. The molecule has 1 aliphatic rings. The number of hydrogen-bond acceptors (Lipinski definition) is 3. The fourth-order valence-corrected chi connectivity index (χ4v) is 3.42. The van der Waals surface area contributed by atoms with Crippen LogP contribution in [0.1, 0.15) is 25.7 Å². The van der Waals surface area contributed by atoms with Crippen LogP contribution in [0.4, 0.5) is 4.39 Å². The number of hydrogen-bond donors (Lipinski definition) is 1. The molecule has 0 saturated carbocycles.